The highest BCUT2D eigenvalue weighted by atomic mass is 16.3. The Morgan fingerprint density at radius 1 is 1.14 bits per heavy atom. The molecule has 1 unspecified atom stereocenters. The Morgan fingerprint density at radius 2 is 1.89 bits per heavy atom. The predicted molar refractivity (Wildman–Crippen MR) is 98.3 cm³/mol. The van der Waals surface area contributed by atoms with E-state index in [9.17, 15) is 24.3 Å². The van der Waals surface area contributed by atoms with Crippen molar-refractivity contribution in [2.24, 2.45) is 0 Å². The van der Waals surface area contributed by atoms with Crippen molar-refractivity contribution in [1.82, 2.24) is 15.1 Å². The number of nitrogens with zero attached hydrogens (tertiary/aromatic N) is 2. The second kappa shape index (κ2) is 7.23. The van der Waals surface area contributed by atoms with E-state index in [1.807, 2.05) is 0 Å². The minimum absolute atomic E-state index is 0.211. The zero-order valence-corrected chi connectivity index (χ0v) is 15.3. The molecule has 2 fully saturated rings. The van der Waals surface area contributed by atoms with Gasteiger partial charge in [0.05, 0.1) is 6.10 Å². The van der Waals surface area contributed by atoms with E-state index in [1.54, 1.807) is 23.1 Å². The number of carbonyl (C=O) groups is 4. The summed E-state index contributed by atoms with van der Waals surface area (Å²) in [5.74, 6) is -1.01. The summed E-state index contributed by atoms with van der Waals surface area (Å²) >= 11 is 0. The molecule has 1 atom stereocenters. The Hall–Kier alpha value is -2.94. The van der Waals surface area contributed by atoms with Crippen molar-refractivity contribution in [2.45, 2.75) is 44.4 Å². The van der Waals surface area contributed by atoms with Gasteiger partial charge in [0.2, 0.25) is 11.8 Å². The monoisotopic (exact) mass is 386 g/mol. The fourth-order valence-electron chi connectivity index (χ4n) is 3.92. The number of nitrogens with one attached hydrogen (secondary N) is 2. The number of rotatable bonds is 2. The molecule has 0 bridgehead atoms. The van der Waals surface area contributed by atoms with E-state index in [0.29, 0.717) is 43.6 Å². The van der Waals surface area contributed by atoms with Crippen LogP contribution in [0.15, 0.2) is 18.2 Å². The van der Waals surface area contributed by atoms with Crippen molar-refractivity contribution in [3.63, 3.8) is 0 Å². The van der Waals surface area contributed by atoms with Gasteiger partial charge in [0.15, 0.2) is 0 Å². The van der Waals surface area contributed by atoms with Crippen LogP contribution in [0.25, 0.3) is 0 Å². The summed E-state index contributed by atoms with van der Waals surface area (Å²) in [7, 11) is 0. The number of urea groups is 1. The van der Waals surface area contributed by atoms with Crippen molar-refractivity contribution in [1.29, 1.82) is 0 Å². The average Bonchev–Trinajstić information content (AvgIpc) is 2.98. The van der Waals surface area contributed by atoms with E-state index in [4.69, 9.17) is 0 Å². The number of imide groups is 1. The fraction of sp³-hybridized carbons (Fsp3) is 0.474. The van der Waals surface area contributed by atoms with E-state index >= 15 is 0 Å². The number of amides is 5. The summed E-state index contributed by atoms with van der Waals surface area (Å²) in [6, 6.07) is 4.17. The van der Waals surface area contributed by atoms with Crippen LogP contribution in [0.3, 0.4) is 0 Å². The van der Waals surface area contributed by atoms with Crippen LogP contribution in [0.4, 0.5) is 10.5 Å². The van der Waals surface area contributed by atoms with Gasteiger partial charge in [-0.3, -0.25) is 19.7 Å². The third kappa shape index (κ3) is 3.45. The molecule has 5 amide bonds. The number of likely N-dealkylation sites (tertiary alicyclic amines) is 1. The van der Waals surface area contributed by atoms with E-state index in [1.165, 1.54) is 4.90 Å². The molecular weight excluding hydrogens is 364 g/mol. The first-order valence-electron chi connectivity index (χ1n) is 9.44. The van der Waals surface area contributed by atoms with Gasteiger partial charge < -0.3 is 20.2 Å². The number of anilines is 1. The van der Waals surface area contributed by atoms with Gasteiger partial charge >= 0.3 is 6.03 Å². The van der Waals surface area contributed by atoms with Crippen molar-refractivity contribution >= 4 is 29.4 Å². The predicted octanol–water partition coefficient (Wildman–Crippen LogP) is 0.436. The number of hydrogen-bond acceptors (Lipinski definition) is 5. The number of carbonyl (C=O) groups excluding carboxylic acids is 4. The minimum atomic E-state index is -0.657. The van der Waals surface area contributed by atoms with Crippen LogP contribution in [-0.2, 0) is 16.1 Å². The number of fused-ring (bicyclic) bond motifs is 1. The van der Waals surface area contributed by atoms with Crippen molar-refractivity contribution in [3.8, 4) is 0 Å². The molecule has 1 aromatic carbocycles. The van der Waals surface area contributed by atoms with Crippen LogP contribution in [0.2, 0.25) is 0 Å². The molecule has 4 rings (SSSR count). The molecular formula is C19H22N4O5. The molecule has 0 aromatic heterocycles. The van der Waals surface area contributed by atoms with Gasteiger partial charge in [-0.15, -0.1) is 0 Å². The Balaban J connectivity index is 1.44. The molecule has 9 nitrogen and oxygen atoms in total. The van der Waals surface area contributed by atoms with Crippen LogP contribution < -0.4 is 10.6 Å². The van der Waals surface area contributed by atoms with Gasteiger partial charge in [-0.05, 0) is 43.0 Å². The SMILES string of the molecule is O=C1CCC(N2Cc3cc(NC(=O)N4CCC(O)CC4)ccc3C2=O)C(=O)N1. The average molecular weight is 386 g/mol. The lowest BCUT2D eigenvalue weighted by Gasteiger charge is -2.29. The van der Waals surface area contributed by atoms with E-state index < -0.39 is 11.9 Å². The second-order valence-electron chi connectivity index (χ2n) is 7.42. The van der Waals surface area contributed by atoms with Crippen molar-refractivity contribution in [2.75, 3.05) is 18.4 Å². The molecule has 0 radical (unpaired) electrons. The molecule has 1 aromatic rings. The Bertz CT molecular complexity index is 847. The summed E-state index contributed by atoms with van der Waals surface area (Å²) in [6.45, 7) is 1.26. The Labute approximate surface area is 161 Å². The minimum Gasteiger partial charge on any atom is -0.393 e. The van der Waals surface area contributed by atoms with Crippen LogP contribution in [0.5, 0.6) is 0 Å². The zero-order chi connectivity index (χ0) is 19.8. The first-order chi connectivity index (χ1) is 13.4. The molecule has 148 valence electrons. The first kappa shape index (κ1) is 18.4. The van der Waals surface area contributed by atoms with Gasteiger partial charge in [-0.1, -0.05) is 0 Å². The summed E-state index contributed by atoms with van der Waals surface area (Å²) in [6.07, 6.45) is 1.30. The summed E-state index contributed by atoms with van der Waals surface area (Å²) in [5, 5.41) is 14.7. The molecule has 2 saturated heterocycles. The lowest BCUT2D eigenvalue weighted by molar-refractivity contribution is -0.136. The zero-order valence-electron chi connectivity index (χ0n) is 15.3. The number of aliphatic hydroxyl groups is 1. The molecule has 3 aliphatic rings. The van der Waals surface area contributed by atoms with E-state index in [0.717, 1.165) is 5.56 Å². The quantitative estimate of drug-likeness (QED) is 0.637. The van der Waals surface area contributed by atoms with Crippen LogP contribution in [0, 0.1) is 0 Å². The van der Waals surface area contributed by atoms with Gasteiger partial charge in [-0.2, -0.15) is 0 Å². The summed E-state index contributed by atoms with van der Waals surface area (Å²) in [4.78, 5) is 51.6. The maximum atomic E-state index is 12.7. The van der Waals surface area contributed by atoms with Crippen molar-refractivity contribution < 1.29 is 24.3 Å². The topological polar surface area (TPSA) is 119 Å². The maximum absolute atomic E-state index is 12.7. The molecule has 28 heavy (non-hydrogen) atoms. The lowest BCUT2D eigenvalue weighted by atomic mass is 10.0. The van der Waals surface area contributed by atoms with Crippen LogP contribution >= 0.6 is 0 Å². The molecule has 3 aliphatic heterocycles. The van der Waals surface area contributed by atoms with E-state index in [2.05, 4.69) is 10.6 Å². The lowest BCUT2D eigenvalue weighted by Crippen LogP contribution is -2.52. The van der Waals surface area contributed by atoms with Gasteiger partial charge in [0, 0.05) is 37.3 Å². The van der Waals surface area contributed by atoms with Crippen LogP contribution in [-0.4, -0.2) is 63.9 Å². The Kier molecular flexibility index (Phi) is 4.76. The highest BCUT2D eigenvalue weighted by molar-refractivity contribution is 6.05. The highest BCUT2D eigenvalue weighted by Gasteiger charge is 2.39. The normalized spacial score (nSPS) is 22.9. The molecule has 3 N–H and O–H groups in total. The Morgan fingerprint density at radius 3 is 2.61 bits per heavy atom. The standard InChI is InChI=1S/C19H22N4O5/c24-13-5-7-22(8-6-13)19(28)20-12-1-2-14-11(9-12)10-23(18(14)27)15-3-4-16(25)21-17(15)26/h1-2,9,13,15,24H,3-8,10H2,(H,20,28)(H,21,25,26). The molecule has 0 saturated carbocycles. The third-order valence-electron chi connectivity index (χ3n) is 5.53. The van der Waals surface area contributed by atoms with E-state index in [-0.39, 0.29) is 36.9 Å². The molecule has 3 heterocycles. The van der Waals surface area contributed by atoms with Gasteiger partial charge in [0.25, 0.3) is 5.91 Å². The van der Waals surface area contributed by atoms with Gasteiger partial charge in [-0.25, -0.2) is 4.79 Å². The number of hydrogen-bond donors (Lipinski definition) is 3. The fourth-order valence-corrected chi connectivity index (χ4v) is 3.92. The number of benzene rings is 1. The molecule has 9 heteroatoms. The number of aliphatic hydroxyl groups excluding tert-OH is 1. The largest absolute Gasteiger partial charge is 0.393 e. The molecule has 0 spiro atoms. The van der Waals surface area contributed by atoms with Crippen LogP contribution in [0.1, 0.15) is 41.6 Å². The summed E-state index contributed by atoms with van der Waals surface area (Å²) < 4.78 is 0. The highest BCUT2D eigenvalue weighted by Crippen LogP contribution is 2.29. The molecule has 0 aliphatic carbocycles. The second-order valence-corrected chi connectivity index (χ2v) is 7.42. The number of piperidine rings is 2. The third-order valence-corrected chi connectivity index (χ3v) is 5.53. The maximum Gasteiger partial charge on any atom is 0.321 e. The smallest absolute Gasteiger partial charge is 0.321 e. The van der Waals surface area contributed by atoms with Gasteiger partial charge in [0.1, 0.15) is 6.04 Å². The first-order valence-corrected chi connectivity index (χ1v) is 9.44. The van der Waals surface area contributed by atoms with Crippen molar-refractivity contribution in [3.05, 3.63) is 29.3 Å². The summed E-state index contributed by atoms with van der Waals surface area (Å²) in [5.41, 5.74) is 1.82.